The minimum atomic E-state index is -0.614. The van der Waals surface area contributed by atoms with Crippen LogP contribution in [0, 0.1) is 11.7 Å². The van der Waals surface area contributed by atoms with Crippen molar-refractivity contribution < 1.29 is 14.2 Å². The molecule has 0 fully saturated rings. The van der Waals surface area contributed by atoms with E-state index in [4.69, 9.17) is 4.74 Å². The summed E-state index contributed by atoms with van der Waals surface area (Å²) in [6, 6.07) is 4.28. The summed E-state index contributed by atoms with van der Waals surface area (Å²) < 4.78 is 18.6. The fraction of sp³-hybridized carbons (Fsp3) is 0.500. The molecule has 1 aliphatic rings. The maximum atomic E-state index is 13.0. The van der Waals surface area contributed by atoms with Gasteiger partial charge in [0.2, 0.25) is 0 Å². The van der Waals surface area contributed by atoms with E-state index in [1.54, 1.807) is 6.07 Å². The first-order valence-electron chi connectivity index (χ1n) is 5.22. The van der Waals surface area contributed by atoms with Crippen molar-refractivity contribution in [3.8, 4) is 5.75 Å². The number of fused-ring (bicyclic) bond motifs is 1. The van der Waals surface area contributed by atoms with Crippen LogP contribution in [-0.4, -0.2) is 11.2 Å². The van der Waals surface area contributed by atoms with Crippen molar-refractivity contribution in [2.45, 2.75) is 32.5 Å². The third kappa shape index (κ3) is 1.97. The van der Waals surface area contributed by atoms with Gasteiger partial charge in [-0.2, -0.15) is 0 Å². The Morgan fingerprint density at radius 1 is 1.47 bits per heavy atom. The molecule has 0 aliphatic carbocycles. The Morgan fingerprint density at radius 3 is 2.87 bits per heavy atom. The van der Waals surface area contributed by atoms with E-state index in [2.05, 4.69) is 0 Å². The van der Waals surface area contributed by atoms with E-state index in [9.17, 15) is 9.50 Å². The van der Waals surface area contributed by atoms with Gasteiger partial charge in [-0.15, -0.1) is 0 Å². The number of benzene rings is 1. The van der Waals surface area contributed by atoms with E-state index in [1.807, 2.05) is 13.8 Å². The number of hydrogen-bond acceptors (Lipinski definition) is 2. The smallest absolute Gasteiger partial charge is 0.125 e. The molecule has 2 rings (SSSR count). The van der Waals surface area contributed by atoms with Gasteiger partial charge in [0.25, 0.3) is 0 Å². The summed E-state index contributed by atoms with van der Waals surface area (Å²) in [7, 11) is 0. The number of aliphatic hydroxyl groups is 1. The lowest BCUT2D eigenvalue weighted by atomic mass is 9.93. The average molecular weight is 210 g/mol. The van der Waals surface area contributed by atoms with Crippen molar-refractivity contribution in [3.63, 3.8) is 0 Å². The maximum Gasteiger partial charge on any atom is 0.125 e. The van der Waals surface area contributed by atoms with Gasteiger partial charge in [0.05, 0.1) is 6.10 Å². The molecule has 1 aromatic carbocycles. The van der Waals surface area contributed by atoms with Crippen LogP contribution >= 0.6 is 0 Å². The SMILES string of the molecule is CC(C)[C@@H]1C[C@@H](O)c2cc(F)ccc2O1. The normalized spacial score (nSPS) is 24.9. The monoisotopic (exact) mass is 210 g/mol. The van der Waals surface area contributed by atoms with Gasteiger partial charge in [-0.1, -0.05) is 13.8 Å². The lowest BCUT2D eigenvalue weighted by molar-refractivity contribution is 0.0424. The average Bonchev–Trinajstić information content (AvgIpc) is 2.18. The van der Waals surface area contributed by atoms with Crippen LogP contribution in [0.5, 0.6) is 5.75 Å². The standard InChI is InChI=1S/C12H15FO2/c1-7(2)12-6-10(14)9-5-8(13)3-4-11(9)15-12/h3-5,7,10,12,14H,6H2,1-2H3/t10-,12+/m1/s1. The summed E-state index contributed by atoms with van der Waals surface area (Å²) in [5, 5.41) is 9.86. The minimum Gasteiger partial charge on any atom is -0.490 e. The van der Waals surface area contributed by atoms with Crippen molar-refractivity contribution in [1.29, 1.82) is 0 Å². The van der Waals surface area contributed by atoms with Crippen LogP contribution in [0.2, 0.25) is 0 Å². The van der Waals surface area contributed by atoms with E-state index < -0.39 is 6.10 Å². The summed E-state index contributed by atoms with van der Waals surface area (Å²) in [4.78, 5) is 0. The number of hydrogen-bond donors (Lipinski definition) is 1. The quantitative estimate of drug-likeness (QED) is 0.772. The summed E-state index contributed by atoms with van der Waals surface area (Å²) in [6.45, 7) is 4.10. The predicted octanol–water partition coefficient (Wildman–Crippen LogP) is 2.67. The Hall–Kier alpha value is -1.09. The molecule has 0 saturated heterocycles. The maximum absolute atomic E-state index is 13.0. The van der Waals surface area contributed by atoms with E-state index >= 15 is 0 Å². The Labute approximate surface area is 88.7 Å². The Morgan fingerprint density at radius 2 is 2.20 bits per heavy atom. The van der Waals surface area contributed by atoms with Gasteiger partial charge in [0.1, 0.15) is 17.7 Å². The van der Waals surface area contributed by atoms with Crippen molar-refractivity contribution in [3.05, 3.63) is 29.6 Å². The highest BCUT2D eigenvalue weighted by Gasteiger charge is 2.28. The summed E-state index contributed by atoms with van der Waals surface area (Å²) in [6.07, 6.45) is -0.0662. The Kier molecular flexibility index (Phi) is 2.65. The van der Waals surface area contributed by atoms with Crippen LogP contribution in [0.1, 0.15) is 31.9 Å². The minimum absolute atomic E-state index is 0.0120. The first-order chi connectivity index (χ1) is 7.08. The van der Waals surface area contributed by atoms with Crippen LogP contribution in [0.3, 0.4) is 0 Å². The van der Waals surface area contributed by atoms with E-state index in [-0.39, 0.29) is 11.9 Å². The third-order valence-corrected chi connectivity index (χ3v) is 2.81. The lowest BCUT2D eigenvalue weighted by Crippen LogP contribution is -2.30. The fourth-order valence-electron chi connectivity index (χ4n) is 1.85. The van der Waals surface area contributed by atoms with Gasteiger partial charge in [0, 0.05) is 12.0 Å². The van der Waals surface area contributed by atoms with Crippen molar-refractivity contribution >= 4 is 0 Å². The van der Waals surface area contributed by atoms with E-state index in [0.29, 0.717) is 23.7 Å². The van der Waals surface area contributed by atoms with Gasteiger partial charge in [0.15, 0.2) is 0 Å². The zero-order valence-electron chi connectivity index (χ0n) is 8.90. The Bertz CT molecular complexity index is 363. The highest BCUT2D eigenvalue weighted by molar-refractivity contribution is 5.37. The molecule has 1 N–H and O–H groups in total. The molecule has 0 amide bonds. The van der Waals surface area contributed by atoms with E-state index in [1.165, 1.54) is 12.1 Å². The third-order valence-electron chi connectivity index (χ3n) is 2.81. The molecule has 0 radical (unpaired) electrons. The molecule has 0 aromatic heterocycles. The number of halogens is 1. The molecular weight excluding hydrogens is 195 g/mol. The number of rotatable bonds is 1. The number of ether oxygens (including phenoxy) is 1. The summed E-state index contributed by atoms with van der Waals surface area (Å²) in [5.41, 5.74) is 0.562. The number of aliphatic hydroxyl groups excluding tert-OH is 1. The molecule has 1 aliphatic heterocycles. The second-order valence-electron chi connectivity index (χ2n) is 4.33. The molecule has 82 valence electrons. The molecule has 3 heteroatoms. The Balaban J connectivity index is 2.32. The molecule has 0 saturated carbocycles. The van der Waals surface area contributed by atoms with Gasteiger partial charge in [-0.25, -0.2) is 4.39 Å². The van der Waals surface area contributed by atoms with Crippen LogP contribution < -0.4 is 4.74 Å². The van der Waals surface area contributed by atoms with Crippen molar-refractivity contribution in [2.75, 3.05) is 0 Å². The van der Waals surface area contributed by atoms with Crippen LogP contribution in [0.4, 0.5) is 4.39 Å². The lowest BCUT2D eigenvalue weighted by Gasteiger charge is -2.31. The highest BCUT2D eigenvalue weighted by Crippen LogP contribution is 2.36. The fourth-order valence-corrected chi connectivity index (χ4v) is 1.85. The summed E-state index contributed by atoms with van der Waals surface area (Å²) >= 11 is 0. The molecule has 15 heavy (non-hydrogen) atoms. The molecule has 1 heterocycles. The molecule has 0 bridgehead atoms. The largest absolute Gasteiger partial charge is 0.490 e. The molecule has 2 atom stereocenters. The predicted molar refractivity (Wildman–Crippen MR) is 55.2 cm³/mol. The van der Waals surface area contributed by atoms with Crippen molar-refractivity contribution in [1.82, 2.24) is 0 Å². The molecule has 0 spiro atoms. The topological polar surface area (TPSA) is 29.5 Å². The van der Waals surface area contributed by atoms with Gasteiger partial charge in [-0.3, -0.25) is 0 Å². The molecule has 2 nitrogen and oxygen atoms in total. The second-order valence-corrected chi connectivity index (χ2v) is 4.33. The van der Waals surface area contributed by atoms with Gasteiger partial charge < -0.3 is 9.84 Å². The van der Waals surface area contributed by atoms with Crippen LogP contribution in [0.25, 0.3) is 0 Å². The zero-order valence-corrected chi connectivity index (χ0v) is 8.90. The highest BCUT2D eigenvalue weighted by atomic mass is 19.1. The first kappa shape index (κ1) is 10.4. The second kappa shape index (κ2) is 3.81. The molecule has 0 unspecified atom stereocenters. The molecule has 1 aromatic rings. The van der Waals surface area contributed by atoms with Gasteiger partial charge in [-0.05, 0) is 24.1 Å². The van der Waals surface area contributed by atoms with Crippen LogP contribution in [-0.2, 0) is 0 Å². The zero-order chi connectivity index (χ0) is 11.0. The van der Waals surface area contributed by atoms with E-state index in [0.717, 1.165) is 0 Å². The van der Waals surface area contributed by atoms with Gasteiger partial charge >= 0.3 is 0 Å². The summed E-state index contributed by atoms with van der Waals surface area (Å²) in [5.74, 6) is 0.617. The first-order valence-corrected chi connectivity index (χ1v) is 5.22. The van der Waals surface area contributed by atoms with Crippen molar-refractivity contribution in [2.24, 2.45) is 5.92 Å². The molecular formula is C12H15FO2. The van der Waals surface area contributed by atoms with Crippen LogP contribution in [0.15, 0.2) is 18.2 Å².